The van der Waals surface area contributed by atoms with Crippen LogP contribution in [0.1, 0.15) is 31.7 Å². The van der Waals surface area contributed by atoms with Crippen LogP contribution in [-0.2, 0) is 16.1 Å². The number of nitrogens with one attached hydrogen (secondary N) is 1. The van der Waals surface area contributed by atoms with Crippen molar-refractivity contribution >= 4 is 24.2 Å². The van der Waals surface area contributed by atoms with Crippen LogP contribution in [0, 0.1) is 0 Å². The van der Waals surface area contributed by atoms with Crippen molar-refractivity contribution < 1.29 is 9.59 Å². The highest BCUT2D eigenvalue weighted by Crippen LogP contribution is 2.11. The number of carbonyl (C=O) groups excluding carboxylic acids is 2. The van der Waals surface area contributed by atoms with Crippen LogP contribution in [0.5, 0.6) is 0 Å². The Hall–Kier alpha value is -1.59. The smallest absolute Gasteiger partial charge is 0.240 e. The number of benzene rings is 1. The topological polar surface area (TPSA) is 52.7 Å². The Labute approximate surface area is 150 Å². The van der Waals surface area contributed by atoms with Gasteiger partial charge in [0.05, 0.1) is 12.5 Å². The molecule has 2 amide bonds. The second-order valence-electron chi connectivity index (χ2n) is 6.13. The second-order valence-corrected chi connectivity index (χ2v) is 6.13. The lowest BCUT2D eigenvalue weighted by molar-refractivity contribution is -0.141. The molecule has 0 aliphatic carbocycles. The first kappa shape index (κ1) is 20.5. The minimum atomic E-state index is -0.399. The molecule has 1 aromatic rings. The fourth-order valence-corrected chi connectivity index (χ4v) is 2.76. The van der Waals surface area contributed by atoms with Gasteiger partial charge in [-0.25, -0.2) is 0 Å². The van der Waals surface area contributed by atoms with Gasteiger partial charge in [-0.15, -0.1) is 12.4 Å². The van der Waals surface area contributed by atoms with Crippen molar-refractivity contribution in [2.75, 3.05) is 26.7 Å². The van der Waals surface area contributed by atoms with E-state index < -0.39 is 6.04 Å². The summed E-state index contributed by atoms with van der Waals surface area (Å²) >= 11 is 0. The van der Waals surface area contributed by atoms with Crippen LogP contribution in [0.15, 0.2) is 30.3 Å². The molecule has 1 unspecified atom stereocenters. The van der Waals surface area contributed by atoms with E-state index in [1.54, 1.807) is 4.90 Å². The third-order valence-corrected chi connectivity index (χ3v) is 4.25. The molecule has 1 aromatic carbocycles. The van der Waals surface area contributed by atoms with E-state index in [0.717, 1.165) is 31.5 Å². The minimum Gasteiger partial charge on any atom is -0.346 e. The molecule has 24 heavy (non-hydrogen) atoms. The number of piperazine rings is 1. The fourth-order valence-electron chi connectivity index (χ4n) is 2.76. The number of rotatable bonds is 7. The Morgan fingerprint density at radius 3 is 2.71 bits per heavy atom. The number of halogens is 1. The maximum absolute atomic E-state index is 12.6. The van der Waals surface area contributed by atoms with Crippen LogP contribution < -0.4 is 5.32 Å². The summed E-state index contributed by atoms with van der Waals surface area (Å²) in [4.78, 5) is 28.4. The quantitative estimate of drug-likeness (QED) is 0.816. The van der Waals surface area contributed by atoms with Crippen molar-refractivity contribution in [2.24, 2.45) is 0 Å². The summed E-state index contributed by atoms with van der Waals surface area (Å²) < 4.78 is 0. The normalized spacial score (nSPS) is 17.3. The Kier molecular flexibility index (Phi) is 8.79. The monoisotopic (exact) mass is 353 g/mol. The first-order valence-corrected chi connectivity index (χ1v) is 8.42. The van der Waals surface area contributed by atoms with Crippen LogP contribution in [0.3, 0.4) is 0 Å². The van der Waals surface area contributed by atoms with Gasteiger partial charge in [-0.05, 0) is 12.0 Å². The lowest BCUT2D eigenvalue weighted by Gasteiger charge is -2.33. The number of hydrogen-bond acceptors (Lipinski definition) is 3. The minimum absolute atomic E-state index is 0. The van der Waals surface area contributed by atoms with E-state index in [9.17, 15) is 9.59 Å². The van der Waals surface area contributed by atoms with E-state index in [0.29, 0.717) is 13.1 Å². The molecule has 1 saturated heterocycles. The molecule has 1 fully saturated rings. The van der Waals surface area contributed by atoms with Gasteiger partial charge >= 0.3 is 0 Å². The lowest BCUT2D eigenvalue weighted by atomic mass is 10.1. The first-order chi connectivity index (χ1) is 11.1. The standard InChI is InChI=1S/C18H27N3O2.ClH/c1-3-4-11-20(2)17(22)13-16-18(23)21(12-10-19-16)14-15-8-6-5-7-9-15;/h5-9,16,19H,3-4,10-14H2,1-2H3;1H. The molecule has 0 aromatic heterocycles. The predicted molar refractivity (Wildman–Crippen MR) is 98.1 cm³/mol. The zero-order valence-corrected chi connectivity index (χ0v) is 15.3. The molecule has 1 aliphatic rings. The Balaban J connectivity index is 0.00000288. The highest BCUT2D eigenvalue weighted by atomic mass is 35.5. The summed E-state index contributed by atoms with van der Waals surface area (Å²) in [7, 11) is 1.81. The molecule has 2 rings (SSSR count). The third-order valence-electron chi connectivity index (χ3n) is 4.25. The third kappa shape index (κ3) is 5.80. The molecule has 134 valence electrons. The zero-order valence-electron chi connectivity index (χ0n) is 14.5. The summed E-state index contributed by atoms with van der Waals surface area (Å²) in [5, 5.41) is 3.19. The van der Waals surface area contributed by atoms with Crippen molar-refractivity contribution in [3.63, 3.8) is 0 Å². The number of nitrogens with zero attached hydrogens (tertiary/aromatic N) is 2. The van der Waals surface area contributed by atoms with Crippen LogP contribution in [-0.4, -0.2) is 54.3 Å². The van der Waals surface area contributed by atoms with Gasteiger partial charge in [0, 0.05) is 33.2 Å². The molecular weight excluding hydrogens is 326 g/mol. The van der Waals surface area contributed by atoms with E-state index in [2.05, 4.69) is 12.2 Å². The number of unbranched alkanes of at least 4 members (excludes halogenated alkanes) is 1. The van der Waals surface area contributed by atoms with Gasteiger partial charge in [0.25, 0.3) is 0 Å². The summed E-state index contributed by atoms with van der Waals surface area (Å²) in [6.45, 7) is 4.88. The summed E-state index contributed by atoms with van der Waals surface area (Å²) in [5.41, 5.74) is 1.12. The molecule has 1 heterocycles. The van der Waals surface area contributed by atoms with Gasteiger partial charge < -0.3 is 15.1 Å². The van der Waals surface area contributed by atoms with Gasteiger partial charge in [0.15, 0.2) is 0 Å². The second kappa shape index (κ2) is 10.3. The molecule has 0 spiro atoms. The predicted octanol–water partition coefficient (Wildman–Crippen LogP) is 2.06. The van der Waals surface area contributed by atoms with Crippen molar-refractivity contribution in [3.8, 4) is 0 Å². The fraction of sp³-hybridized carbons (Fsp3) is 0.556. The van der Waals surface area contributed by atoms with Gasteiger partial charge in [0.2, 0.25) is 11.8 Å². The molecule has 0 bridgehead atoms. The average Bonchev–Trinajstić information content (AvgIpc) is 2.57. The van der Waals surface area contributed by atoms with E-state index in [1.807, 2.05) is 42.3 Å². The Morgan fingerprint density at radius 2 is 2.04 bits per heavy atom. The molecule has 1 aliphatic heterocycles. The highest BCUT2D eigenvalue weighted by molar-refractivity contribution is 5.88. The molecule has 0 saturated carbocycles. The highest BCUT2D eigenvalue weighted by Gasteiger charge is 2.30. The van der Waals surface area contributed by atoms with Gasteiger partial charge in [0.1, 0.15) is 0 Å². The maximum atomic E-state index is 12.6. The van der Waals surface area contributed by atoms with Gasteiger partial charge in [-0.1, -0.05) is 43.7 Å². The average molecular weight is 354 g/mol. The van der Waals surface area contributed by atoms with Crippen LogP contribution in [0.4, 0.5) is 0 Å². The van der Waals surface area contributed by atoms with Crippen molar-refractivity contribution in [1.82, 2.24) is 15.1 Å². The largest absolute Gasteiger partial charge is 0.346 e. The summed E-state index contributed by atoms with van der Waals surface area (Å²) in [5.74, 6) is 0.0585. The SMILES string of the molecule is CCCCN(C)C(=O)CC1NCCN(Cc2ccccc2)C1=O.Cl. The van der Waals surface area contributed by atoms with E-state index in [-0.39, 0.29) is 30.6 Å². The van der Waals surface area contributed by atoms with E-state index in [1.165, 1.54) is 0 Å². The van der Waals surface area contributed by atoms with Gasteiger partial charge in [-0.2, -0.15) is 0 Å². The van der Waals surface area contributed by atoms with Gasteiger partial charge in [-0.3, -0.25) is 9.59 Å². The molecule has 6 heteroatoms. The Bertz CT molecular complexity index is 524. The number of amides is 2. The first-order valence-electron chi connectivity index (χ1n) is 8.42. The number of hydrogen-bond donors (Lipinski definition) is 1. The van der Waals surface area contributed by atoms with Crippen molar-refractivity contribution in [3.05, 3.63) is 35.9 Å². The molecule has 1 atom stereocenters. The van der Waals surface area contributed by atoms with E-state index >= 15 is 0 Å². The molecule has 5 nitrogen and oxygen atoms in total. The van der Waals surface area contributed by atoms with Crippen LogP contribution in [0.25, 0.3) is 0 Å². The number of carbonyl (C=O) groups is 2. The Morgan fingerprint density at radius 1 is 1.33 bits per heavy atom. The summed E-state index contributed by atoms with van der Waals surface area (Å²) in [6, 6.07) is 9.57. The molecule has 0 radical (unpaired) electrons. The zero-order chi connectivity index (χ0) is 16.7. The summed E-state index contributed by atoms with van der Waals surface area (Å²) in [6.07, 6.45) is 2.29. The lowest BCUT2D eigenvalue weighted by Crippen LogP contribution is -2.55. The van der Waals surface area contributed by atoms with Crippen molar-refractivity contribution in [1.29, 1.82) is 0 Å². The molecular formula is C18H28ClN3O2. The van der Waals surface area contributed by atoms with Crippen molar-refractivity contribution in [2.45, 2.75) is 38.8 Å². The maximum Gasteiger partial charge on any atom is 0.240 e. The van der Waals surface area contributed by atoms with E-state index in [4.69, 9.17) is 0 Å². The molecule has 1 N–H and O–H groups in total. The van der Waals surface area contributed by atoms with Crippen LogP contribution >= 0.6 is 12.4 Å². The van der Waals surface area contributed by atoms with Crippen LogP contribution in [0.2, 0.25) is 0 Å².